The molecule has 0 aromatic heterocycles. The van der Waals surface area contributed by atoms with E-state index in [-0.39, 0.29) is 49.2 Å². The number of nitrogens with two attached hydrogens (primary N) is 1. The lowest BCUT2D eigenvalue weighted by molar-refractivity contribution is -0.144. The fraction of sp³-hybridized carbons (Fsp3) is 0.360. The molecule has 0 radical (unpaired) electrons. The molecule has 190 valence electrons. The van der Waals surface area contributed by atoms with Crippen LogP contribution < -0.4 is 5.73 Å². The van der Waals surface area contributed by atoms with Crippen molar-refractivity contribution in [2.45, 2.75) is 31.4 Å². The van der Waals surface area contributed by atoms with E-state index in [4.69, 9.17) is 10.5 Å². The lowest BCUT2D eigenvalue weighted by atomic mass is 9.60. The van der Waals surface area contributed by atoms with Gasteiger partial charge in [-0.15, -0.1) is 6.58 Å². The number of amides is 2. The lowest BCUT2D eigenvalue weighted by Crippen LogP contribution is -2.57. The van der Waals surface area contributed by atoms with Gasteiger partial charge in [0.2, 0.25) is 5.78 Å². The fourth-order valence-corrected chi connectivity index (χ4v) is 5.53. The number of Topliss-reactive ketones (excluding diaryl/α,β-unsaturated/α-hetero) is 2. The summed E-state index contributed by atoms with van der Waals surface area (Å²) < 4.78 is 4.80. The van der Waals surface area contributed by atoms with Gasteiger partial charge < -0.3 is 35.8 Å². The van der Waals surface area contributed by atoms with E-state index in [0.29, 0.717) is 11.1 Å². The molecule has 36 heavy (non-hydrogen) atoms. The van der Waals surface area contributed by atoms with Gasteiger partial charge in [0.1, 0.15) is 22.8 Å². The Morgan fingerprint density at radius 1 is 1.25 bits per heavy atom. The van der Waals surface area contributed by atoms with Crippen LogP contribution in [0.1, 0.15) is 34.3 Å². The highest BCUT2D eigenvalue weighted by Crippen LogP contribution is 2.51. The maximum atomic E-state index is 13.6. The zero-order valence-corrected chi connectivity index (χ0v) is 19.5. The first-order chi connectivity index (χ1) is 17.0. The molecule has 3 aliphatic rings. The number of rotatable bonds is 5. The van der Waals surface area contributed by atoms with E-state index >= 15 is 0 Å². The zero-order valence-electron chi connectivity index (χ0n) is 19.5. The van der Waals surface area contributed by atoms with Crippen molar-refractivity contribution in [3.05, 3.63) is 64.1 Å². The number of carbonyl (C=O) groups excluding carboxylic acids is 4. The molecule has 0 saturated heterocycles. The average molecular weight is 498 g/mol. The van der Waals surface area contributed by atoms with Crippen molar-refractivity contribution in [3.63, 3.8) is 0 Å². The quantitative estimate of drug-likeness (QED) is 0.295. The number of ketones is 2. The Kier molecular flexibility index (Phi) is 6.13. The number of carbonyl (C=O) groups is 4. The number of fused-ring (bicyclic) bond motifs is 3. The van der Waals surface area contributed by atoms with Crippen molar-refractivity contribution >= 4 is 23.6 Å². The molecule has 1 aromatic rings. The summed E-state index contributed by atoms with van der Waals surface area (Å²) >= 11 is 0. The van der Waals surface area contributed by atoms with Crippen LogP contribution in [0, 0.1) is 11.8 Å². The molecule has 11 heteroatoms. The minimum absolute atomic E-state index is 0.0192. The van der Waals surface area contributed by atoms with Crippen LogP contribution in [0.2, 0.25) is 0 Å². The fourth-order valence-electron chi connectivity index (χ4n) is 5.53. The van der Waals surface area contributed by atoms with E-state index in [9.17, 15) is 39.6 Å². The summed E-state index contributed by atoms with van der Waals surface area (Å²) in [4.78, 5) is 51.8. The molecule has 2 amide bonds. The summed E-state index contributed by atoms with van der Waals surface area (Å²) in [6.07, 6.45) is 0.744. The predicted molar refractivity (Wildman–Crippen MR) is 124 cm³/mol. The number of nitrogens with zero attached hydrogens (tertiary/aromatic N) is 1. The van der Waals surface area contributed by atoms with E-state index in [0.717, 1.165) is 0 Å². The van der Waals surface area contributed by atoms with E-state index in [2.05, 4.69) is 6.58 Å². The Labute approximate surface area is 205 Å². The smallest absolute Gasteiger partial charge is 0.410 e. The second kappa shape index (κ2) is 8.83. The van der Waals surface area contributed by atoms with Crippen LogP contribution in [0.3, 0.4) is 0 Å². The van der Waals surface area contributed by atoms with Gasteiger partial charge in [0.15, 0.2) is 11.4 Å². The van der Waals surface area contributed by atoms with Gasteiger partial charge in [-0.3, -0.25) is 14.4 Å². The van der Waals surface area contributed by atoms with E-state index in [1.165, 1.54) is 24.2 Å². The third-order valence-electron chi connectivity index (χ3n) is 7.19. The van der Waals surface area contributed by atoms with Crippen molar-refractivity contribution in [2.24, 2.45) is 17.6 Å². The molecule has 0 fully saturated rings. The maximum absolute atomic E-state index is 13.6. The van der Waals surface area contributed by atoms with Crippen LogP contribution in [0.25, 0.3) is 0 Å². The van der Waals surface area contributed by atoms with Gasteiger partial charge in [-0.05, 0) is 36.0 Å². The first-order valence-corrected chi connectivity index (χ1v) is 11.2. The first kappa shape index (κ1) is 25.0. The Morgan fingerprint density at radius 3 is 2.56 bits per heavy atom. The van der Waals surface area contributed by atoms with Crippen LogP contribution in [0.15, 0.2) is 47.5 Å². The summed E-state index contributed by atoms with van der Waals surface area (Å²) in [6.45, 7) is 3.84. The second-order valence-electron chi connectivity index (χ2n) is 9.15. The van der Waals surface area contributed by atoms with Crippen molar-refractivity contribution < 1.29 is 44.3 Å². The molecular weight excluding hydrogens is 472 g/mol. The molecule has 0 spiro atoms. The minimum atomic E-state index is -2.62. The minimum Gasteiger partial charge on any atom is -0.511 e. The first-order valence-electron chi connectivity index (χ1n) is 11.2. The second-order valence-corrected chi connectivity index (χ2v) is 9.15. The molecule has 0 heterocycles. The molecule has 3 aliphatic carbocycles. The molecule has 0 saturated carbocycles. The molecule has 1 unspecified atom stereocenters. The SMILES string of the molecule is C=CCN(Cc1ccc(O)c2c1CC1C[C@H]3CC(O)=C(C(N)=O)C(=O)[C@@]3(O)C(O)=C1C2=O)C(=O)OC. The van der Waals surface area contributed by atoms with Gasteiger partial charge in [0.25, 0.3) is 5.91 Å². The lowest BCUT2D eigenvalue weighted by Gasteiger charge is -2.45. The number of aromatic hydroxyl groups is 1. The van der Waals surface area contributed by atoms with Crippen molar-refractivity contribution in [3.8, 4) is 5.75 Å². The number of hydrogen-bond donors (Lipinski definition) is 5. The van der Waals surface area contributed by atoms with Crippen LogP contribution in [-0.2, 0) is 27.3 Å². The third kappa shape index (κ3) is 3.54. The number of methoxy groups -OCH3 is 1. The van der Waals surface area contributed by atoms with Crippen LogP contribution in [-0.4, -0.2) is 68.1 Å². The Hall–Kier alpha value is -4.12. The van der Waals surface area contributed by atoms with Crippen LogP contribution in [0.4, 0.5) is 4.79 Å². The van der Waals surface area contributed by atoms with Gasteiger partial charge >= 0.3 is 6.09 Å². The van der Waals surface area contributed by atoms with Crippen molar-refractivity contribution in [1.82, 2.24) is 4.90 Å². The highest BCUT2D eigenvalue weighted by Gasteiger charge is 2.59. The Bertz CT molecular complexity index is 1280. The van der Waals surface area contributed by atoms with Crippen LogP contribution in [0.5, 0.6) is 5.75 Å². The van der Waals surface area contributed by atoms with Crippen molar-refractivity contribution in [1.29, 1.82) is 0 Å². The molecule has 0 aliphatic heterocycles. The van der Waals surface area contributed by atoms with Gasteiger partial charge in [-0.25, -0.2) is 4.79 Å². The van der Waals surface area contributed by atoms with Crippen LogP contribution >= 0.6 is 0 Å². The molecular formula is C25H26N2O9. The highest BCUT2D eigenvalue weighted by molar-refractivity contribution is 6.24. The topological polar surface area (TPSA) is 188 Å². The zero-order chi connectivity index (χ0) is 26.5. The number of phenols is 1. The van der Waals surface area contributed by atoms with Gasteiger partial charge in [-0.2, -0.15) is 0 Å². The number of aliphatic hydroxyl groups excluding tert-OH is 2. The predicted octanol–water partition coefficient (Wildman–Crippen LogP) is 1.33. The van der Waals surface area contributed by atoms with E-state index < -0.39 is 58.1 Å². The normalized spacial score (nSPS) is 25.1. The number of primary amides is 1. The third-order valence-corrected chi connectivity index (χ3v) is 7.19. The standard InChI is InChI=1S/C25H26N2O9/c1-3-6-27(24(34)36-2)10-11-4-5-15(28)18-14(11)8-12-7-13-9-16(29)19(23(26)33)22(32)25(13,35)21(31)17(12)20(18)30/h3-5,12-13,28-29,31,35H,1,6-10H2,2H3,(H2,26,33)/t12?,13-,25-/m0/s1. The summed E-state index contributed by atoms with van der Waals surface area (Å²) in [7, 11) is 1.23. The molecule has 0 bridgehead atoms. The molecule has 3 atom stereocenters. The molecule has 4 rings (SSSR count). The largest absolute Gasteiger partial charge is 0.511 e. The summed E-state index contributed by atoms with van der Waals surface area (Å²) in [5.41, 5.74) is 2.40. The maximum Gasteiger partial charge on any atom is 0.410 e. The summed E-state index contributed by atoms with van der Waals surface area (Å²) in [6, 6.07) is 2.86. The molecule has 11 nitrogen and oxygen atoms in total. The number of ether oxygens (including phenoxy) is 1. The Morgan fingerprint density at radius 2 is 1.94 bits per heavy atom. The van der Waals surface area contributed by atoms with E-state index in [1.54, 1.807) is 6.07 Å². The number of benzene rings is 1. The van der Waals surface area contributed by atoms with E-state index in [1.807, 2.05) is 0 Å². The number of aliphatic hydroxyl groups is 3. The van der Waals surface area contributed by atoms with Gasteiger partial charge in [0.05, 0.1) is 12.7 Å². The summed E-state index contributed by atoms with van der Waals surface area (Å²) in [5, 5.41) is 43.1. The molecule has 1 aromatic carbocycles. The molecule has 6 N–H and O–H groups in total. The average Bonchev–Trinajstić information content (AvgIpc) is 2.81. The highest BCUT2D eigenvalue weighted by atomic mass is 16.5. The Balaban J connectivity index is 1.82. The number of hydrogen-bond acceptors (Lipinski definition) is 9. The number of phenolic OH excluding ortho intramolecular Hbond substituents is 1. The summed E-state index contributed by atoms with van der Waals surface area (Å²) in [5.74, 6) is -6.89. The van der Waals surface area contributed by atoms with Gasteiger partial charge in [-0.1, -0.05) is 12.1 Å². The van der Waals surface area contributed by atoms with Gasteiger partial charge in [0, 0.05) is 31.0 Å². The number of allylic oxidation sites excluding steroid dienone is 2. The monoisotopic (exact) mass is 498 g/mol. The van der Waals surface area contributed by atoms with Crippen molar-refractivity contribution in [2.75, 3.05) is 13.7 Å².